The van der Waals surface area contributed by atoms with Crippen molar-refractivity contribution < 1.29 is 9.59 Å². The van der Waals surface area contributed by atoms with E-state index < -0.39 is 0 Å². The van der Waals surface area contributed by atoms with Crippen LogP contribution in [0.2, 0.25) is 0 Å². The minimum Gasteiger partial charge on any atom is -0.354 e. The van der Waals surface area contributed by atoms with Gasteiger partial charge in [0, 0.05) is 22.9 Å². The van der Waals surface area contributed by atoms with Crippen molar-refractivity contribution in [1.29, 1.82) is 0 Å². The Balaban J connectivity index is 1.44. The van der Waals surface area contributed by atoms with Gasteiger partial charge < -0.3 is 10.2 Å². The molecule has 0 spiro atoms. The maximum atomic E-state index is 12.1. The monoisotopic (exact) mass is 378 g/mol. The van der Waals surface area contributed by atoms with Crippen LogP contribution in [-0.2, 0) is 15.3 Å². The van der Waals surface area contributed by atoms with Crippen LogP contribution in [0.3, 0.4) is 0 Å². The van der Waals surface area contributed by atoms with Crippen molar-refractivity contribution in [3.63, 3.8) is 0 Å². The van der Waals surface area contributed by atoms with Crippen LogP contribution in [0.15, 0.2) is 46.0 Å². The summed E-state index contributed by atoms with van der Waals surface area (Å²) in [5.74, 6) is 2.10. The molecule has 0 saturated carbocycles. The molecule has 4 nitrogen and oxygen atoms in total. The molecule has 0 bridgehead atoms. The molecule has 1 aliphatic heterocycles. The molecule has 2 aromatic rings. The molecule has 7 heteroatoms. The lowest BCUT2D eigenvalue weighted by molar-refractivity contribution is -0.122. The zero-order valence-electron chi connectivity index (χ0n) is 13.1. The number of para-hydroxylation sites is 1. The van der Waals surface area contributed by atoms with Gasteiger partial charge in [0.1, 0.15) is 6.54 Å². The summed E-state index contributed by atoms with van der Waals surface area (Å²) in [4.78, 5) is 26.9. The van der Waals surface area contributed by atoms with E-state index in [1.807, 2.05) is 24.3 Å². The number of fused-ring (bicyclic) bond motifs is 1. The van der Waals surface area contributed by atoms with Crippen LogP contribution in [0.5, 0.6) is 0 Å². The Labute approximate surface area is 154 Å². The molecule has 0 aliphatic carbocycles. The topological polar surface area (TPSA) is 49.4 Å². The van der Waals surface area contributed by atoms with Gasteiger partial charge in [-0.2, -0.15) is 23.1 Å². The van der Waals surface area contributed by atoms with E-state index in [1.165, 1.54) is 17.3 Å². The summed E-state index contributed by atoms with van der Waals surface area (Å²) < 4.78 is 0. The molecule has 3 rings (SSSR count). The van der Waals surface area contributed by atoms with Gasteiger partial charge in [0.15, 0.2) is 0 Å². The van der Waals surface area contributed by atoms with E-state index in [1.54, 1.807) is 28.0 Å². The van der Waals surface area contributed by atoms with Crippen LogP contribution < -0.4 is 10.2 Å². The van der Waals surface area contributed by atoms with Gasteiger partial charge in [0.25, 0.3) is 0 Å². The summed E-state index contributed by atoms with van der Waals surface area (Å²) >= 11 is 5.02. The molecule has 0 atom stereocenters. The summed E-state index contributed by atoms with van der Waals surface area (Å²) in [7, 11) is 0. The van der Waals surface area contributed by atoms with Crippen molar-refractivity contribution in [2.75, 3.05) is 29.5 Å². The number of hydrogen-bond acceptors (Lipinski definition) is 5. The SMILES string of the molecule is O=C(CN1C(=O)CSc2ccccc21)NCCSCc1ccsc1. The molecule has 24 heavy (non-hydrogen) atoms. The van der Waals surface area contributed by atoms with Crippen LogP contribution in [0.1, 0.15) is 5.56 Å². The number of thioether (sulfide) groups is 2. The second-order valence-corrected chi connectivity index (χ2v) is 8.17. The highest BCUT2D eigenvalue weighted by Crippen LogP contribution is 2.34. The van der Waals surface area contributed by atoms with E-state index in [4.69, 9.17) is 0 Å². The number of benzene rings is 1. The van der Waals surface area contributed by atoms with Crippen molar-refractivity contribution >= 4 is 52.4 Å². The molecule has 2 amide bonds. The third kappa shape index (κ3) is 4.55. The van der Waals surface area contributed by atoms with Gasteiger partial charge in [-0.1, -0.05) is 12.1 Å². The fourth-order valence-electron chi connectivity index (χ4n) is 2.35. The molecule has 1 N–H and O–H groups in total. The van der Waals surface area contributed by atoms with E-state index in [9.17, 15) is 9.59 Å². The molecule has 0 unspecified atom stereocenters. The van der Waals surface area contributed by atoms with Crippen molar-refractivity contribution in [2.45, 2.75) is 10.6 Å². The molecule has 2 heterocycles. The second-order valence-electron chi connectivity index (χ2n) is 5.27. The van der Waals surface area contributed by atoms with Crippen molar-refractivity contribution in [1.82, 2.24) is 5.32 Å². The Hall–Kier alpha value is -1.44. The lowest BCUT2D eigenvalue weighted by Gasteiger charge is -2.28. The van der Waals surface area contributed by atoms with Gasteiger partial charge in [0.2, 0.25) is 11.8 Å². The average molecular weight is 379 g/mol. The summed E-state index contributed by atoms with van der Waals surface area (Å²) in [6, 6.07) is 9.84. The van der Waals surface area contributed by atoms with Gasteiger partial charge >= 0.3 is 0 Å². The number of hydrogen-bond donors (Lipinski definition) is 1. The standard InChI is InChI=1S/C17H18N2O2S3/c20-16(18-6-8-23-11-13-5-7-22-10-13)9-19-14-3-1-2-4-15(14)24-12-17(19)21/h1-5,7,10H,6,8-9,11-12H2,(H,18,20). The summed E-state index contributed by atoms with van der Waals surface area (Å²) in [6.45, 7) is 0.706. The van der Waals surface area contributed by atoms with Crippen molar-refractivity contribution in [3.05, 3.63) is 46.7 Å². The highest BCUT2D eigenvalue weighted by atomic mass is 32.2. The van der Waals surface area contributed by atoms with Crippen LogP contribution in [0.4, 0.5) is 5.69 Å². The van der Waals surface area contributed by atoms with Gasteiger partial charge in [-0.15, -0.1) is 11.8 Å². The van der Waals surface area contributed by atoms with E-state index in [-0.39, 0.29) is 18.4 Å². The highest BCUT2D eigenvalue weighted by molar-refractivity contribution is 8.00. The number of rotatable bonds is 7. The maximum Gasteiger partial charge on any atom is 0.240 e. The summed E-state index contributed by atoms with van der Waals surface area (Å²) in [6.07, 6.45) is 0. The number of nitrogens with one attached hydrogen (secondary N) is 1. The molecular formula is C17H18N2O2S3. The van der Waals surface area contributed by atoms with Crippen LogP contribution in [0, 0.1) is 0 Å². The number of anilines is 1. The average Bonchev–Trinajstić information content (AvgIpc) is 3.10. The first-order chi connectivity index (χ1) is 11.7. The molecule has 0 fully saturated rings. The Morgan fingerprint density at radius 1 is 1.29 bits per heavy atom. The minimum absolute atomic E-state index is 0.0133. The van der Waals surface area contributed by atoms with Crippen molar-refractivity contribution in [3.8, 4) is 0 Å². The van der Waals surface area contributed by atoms with Gasteiger partial charge in [0.05, 0.1) is 11.4 Å². The molecule has 0 radical (unpaired) electrons. The van der Waals surface area contributed by atoms with Crippen LogP contribution >= 0.6 is 34.9 Å². The predicted molar refractivity (Wildman–Crippen MR) is 103 cm³/mol. The van der Waals surface area contributed by atoms with Gasteiger partial charge in [-0.05, 0) is 34.5 Å². The fraction of sp³-hybridized carbons (Fsp3) is 0.294. The summed E-state index contributed by atoms with van der Waals surface area (Å²) in [5.41, 5.74) is 2.16. The number of carbonyl (C=O) groups is 2. The first-order valence-electron chi connectivity index (χ1n) is 7.62. The van der Waals surface area contributed by atoms with Gasteiger partial charge in [-0.25, -0.2) is 0 Å². The normalized spacial score (nSPS) is 13.7. The number of amides is 2. The Morgan fingerprint density at radius 3 is 3.00 bits per heavy atom. The Bertz CT molecular complexity index is 704. The first-order valence-corrected chi connectivity index (χ1v) is 10.7. The lowest BCUT2D eigenvalue weighted by atomic mass is 10.2. The van der Waals surface area contributed by atoms with Crippen LogP contribution in [-0.4, -0.2) is 36.4 Å². The molecule has 0 saturated heterocycles. The fourth-order valence-corrected chi connectivity index (χ4v) is 4.87. The van der Waals surface area contributed by atoms with E-state index >= 15 is 0 Å². The zero-order chi connectivity index (χ0) is 16.8. The van der Waals surface area contributed by atoms with Crippen LogP contribution in [0.25, 0.3) is 0 Å². The largest absolute Gasteiger partial charge is 0.354 e. The quantitative estimate of drug-likeness (QED) is 0.752. The molecule has 1 aromatic heterocycles. The maximum absolute atomic E-state index is 12.1. The molecular weight excluding hydrogens is 360 g/mol. The Kier molecular flexibility index (Phi) is 6.23. The molecule has 126 valence electrons. The zero-order valence-corrected chi connectivity index (χ0v) is 15.5. The second kappa shape index (κ2) is 8.60. The van der Waals surface area contributed by atoms with Crippen molar-refractivity contribution in [2.24, 2.45) is 0 Å². The third-order valence-electron chi connectivity index (χ3n) is 3.53. The Morgan fingerprint density at radius 2 is 2.17 bits per heavy atom. The first kappa shape index (κ1) is 17.4. The van der Waals surface area contributed by atoms with Gasteiger partial charge in [-0.3, -0.25) is 9.59 Å². The summed E-state index contributed by atoms with van der Waals surface area (Å²) in [5, 5.41) is 7.12. The lowest BCUT2D eigenvalue weighted by Crippen LogP contribution is -2.43. The van der Waals surface area contributed by atoms with E-state index in [2.05, 4.69) is 22.1 Å². The number of nitrogens with zero attached hydrogens (tertiary/aromatic N) is 1. The number of carbonyl (C=O) groups excluding carboxylic acids is 2. The highest BCUT2D eigenvalue weighted by Gasteiger charge is 2.25. The smallest absolute Gasteiger partial charge is 0.240 e. The molecule has 1 aromatic carbocycles. The van der Waals surface area contributed by atoms with E-state index in [0.717, 1.165) is 22.1 Å². The molecule has 1 aliphatic rings. The third-order valence-corrected chi connectivity index (χ3v) is 6.34. The minimum atomic E-state index is -0.110. The van der Waals surface area contributed by atoms with E-state index in [0.29, 0.717) is 12.3 Å². The number of thiophene rings is 1. The predicted octanol–water partition coefficient (Wildman–Crippen LogP) is 3.24.